The Kier molecular flexibility index (Phi) is 8.70. The lowest BCUT2D eigenvalue weighted by atomic mass is 10.1. The van der Waals surface area contributed by atoms with E-state index < -0.39 is 0 Å². The van der Waals surface area contributed by atoms with E-state index >= 15 is 0 Å². The summed E-state index contributed by atoms with van der Waals surface area (Å²) in [4.78, 5) is 0. The Labute approximate surface area is 176 Å². The molecule has 0 aliphatic heterocycles. The highest BCUT2D eigenvalue weighted by Gasteiger charge is 2.09. The van der Waals surface area contributed by atoms with Crippen molar-refractivity contribution in [1.82, 2.24) is 9.78 Å². The summed E-state index contributed by atoms with van der Waals surface area (Å²) in [6.07, 6.45) is 3.00. The van der Waals surface area contributed by atoms with E-state index in [1.165, 1.54) is 0 Å². The summed E-state index contributed by atoms with van der Waals surface area (Å²) in [6.45, 7) is 9.59. The number of nitrogens with one attached hydrogen (secondary N) is 2. The van der Waals surface area contributed by atoms with E-state index in [0.29, 0.717) is 10.9 Å². The molecule has 6 nitrogen and oxygen atoms in total. The van der Waals surface area contributed by atoms with E-state index in [1.54, 1.807) is 4.68 Å². The van der Waals surface area contributed by atoms with E-state index in [-0.39, 0.29) is 0 Å². The lowest BCUT2D eigenvalue weighted by molar-refractivity contribution is 0.162. The Morgan fingerprint density at radius 1 is 1.07 bits per heavy atom. The maximum Gasteiger partial charge on any atom is 0.238 e. The lowest BCUT2D eigenvalue weighted by Gasteiger charge is -2.11. The number of hydrogen-bond donors (Lipinski definition) is 2. The van der Waals surface area contributed by atoms with E-state index in [1.807, 2.05) is 76.4 Å². The molecular formula is C22H27ClN4O2. The summed E-state index contributed by atoms with van der Waals surface area (Å²) in [5.41, 5.74) is 3.76. The number of benzene rings is 2. The van der Waals surface area contributed by atoms with Crippen molar-refractivity contribution in [2.45, 2.75) is 27.7 Å². The summed E-state index contributed by atoms with van der Waals surface area (Å²) in [5.74, 6) is 1.25. The van der Waals surface area contributed by atoms with Crippen molar-refractivity contribution < 1.29 is 9.47 Å². The molecular weight excluding hydrogens is 388 g/mol. The van der Waals surface area contributed by atoms with Gasteiger partial charge in [0.1, 0.15) is 5.75 Å². The first kappa shape index (κ1) is 22.5. The summed E-state index contributed by atoms with van der Waals surface area (Å²) in [5, 5.41) is 15.2. The van der Waals surface area contributed by atoms with Gasteiger partial charge in [0.15, 0.2) is 0 Å². The number of aromatic nitrogens is 2. The van der Waals surface area contributed by atoms with Gasteiger partial charge in [0.2, 0.25) is 5.88 Å². The molecule has 29 heavy (non-hydrogen) atoms. The number of anilines is 1. The average molecular weight is 415 g/mol. The summed E-state index contributed by atoms with van der Waals surface area (Å²) >= 11 is 5.91. The van der Waals surface area contributed by atoms with Crippen LogP contribution in [-0.4, -0.2) is 29.3 Å². The molecule has 3 rings (SSSR count). The van der Waals surface area contributed by atoms with Crippen LogP contribution in [0.2, 0.25) is 5.02 Å². The van der Waals surface area contributed by atoms with Crippen molar-refractivity contribution in [3.63, 3.8) is 0 Å². The predicted molar refractivity (Wildman–Crippen MR) is 119 cm³/mol. The first-order valence-electron chi connectivity index (χ1n) is 9.42. The Bertz CT molecular complexity index is 921. The largest absolute Gasteiger partial charge is 0.437 e. The van der Waals surface area contributed by atoms with Crippen LogP contribution in [0.25, 0.3) is 5.69 Å². The minimum absolute atomic E-state index is 0.514. The van der Waals surface area contributed by atoms with Crippen LogP contribution in [0.15, 0.2) is 48.7 Å². The Hall–Kier alpha value is -2.83. The standard InChI is InChI=1S/C18H17ClN4O.C4H10O/c1-12-10-17(13(2)9-16(12)21-11-20)24-18-7-8-23(22-18)15-5-3-14(19)4-6-15;1-3-5-4-2/h3-11H,1-2H3,(H2,20,21);3-4H2,1-2H3. The highest BCUT2D eigenvalue weighted by molar-refractivity contribution is 6.30. The molecule has 2 aromatic carbocycles. The quantitative estimate of drug-likeness (QED) is 0.367. The number of halogens is 1. The molecule has 154 valence electrons. The zero-order chi connectivity index (χ0) is 21.2. The van der Waals surface area contributed by atoms with Gasteiger partial charge in [-0.2, -0.15) is 0 Å². The molecule has 0 saturated heterocycles. The first-order valence-corrected chi connectivity index (χ1v) is 9.80. The normalized spacial score (nSPS) is 10.1. The second-order valence-corrected chi connectivity index (χ2v) is 6.62. The molecule has 0 radical (unpaired) electrons. The predicted octanol–water partition coefficient (Wildman–Crippen LogP) is 6.00. The molecule has 0 aliphatic rings. The zero-order valence-electron chi connectivity index (χ0n) is 17.2. The Morgan fingerprint density at radius 3 is 2.34 bits per heavy atom. The molecule has 2 N–H and O–H groups in total. The number of aryl methyl sites for hydroxylation is 2. The molecule has 1 aromatic heterocycles. The van der Waals surface area contributed by atoms with Crippen LogP contribution in [0.1, 0.15) is 25.0 Å². The Balaban J connectivity index is 0.000000537. The highest BCUT2D eigenvalue weighted by atomic mass is 35.5. The third kappa shape index (κ3) is 6.62. The van der Waals surface area contributed by atoms with Crippen LogP contribution in [0.4, 0.5) is 5.69 Å². The molecule has 7 heteroatoms. The van der Waals surface area contributed by atoms with Crippen molar-refractivity contribution in [2.24, 2.45) is 0 Å². The third-order valence-electron chi connectivity index (χ3n) is 4.03. The molecule has 0 atom stereocenters. The Morgan fingerprint density at radius 2 is 1.76 bits per heavy atom. The molecule has 0 spiro atoms. The molecule has 0 bridgehead atoms. The molecule has 1 heterocycles. The molecule has 0 fully saturated rings. The molecule has 0 aliphatic carbocycles. The number of rotatable bonds is 7. The maximum atomic E-state index is 7.15. The maximum absolute atomic E-state index is 7.15. The first-order chi connectivity index (χ1) is 14.0. The van der Waals surface area contributed by atoms with Gasteiger partial charge < -0.3 is 14.8 Å². The van der Waals surface area contributed by atoms with E-state index in [4.69, 9.17) is 26.5 Å². The summed E-state index contributed by atoms with van der Waals surface area (Å²) < 4.78 is 12.5. The molecule has 0 amide bonds. The van der Waals surface area contributed by atoms with Crippen LogP contribution in [0.3, 0.4) is 0 Å². The van der Waals surface area contributed by atoms with E-state index in [9.17, 15) is 0 Å². The van der Waals surface area contributed by atoms with Crippen molar-refractivity contribution in [1.29, 1.82) is 5.41 Å². The fourth-order valence-electron chi connectivity index (χ4n) is 2.55. The van der Waals surface area contributed by atoms with Gasteiger partial charge in [-0.15, -0.1) is 5.10 Å². The van der Waals surface area contributed by atoms with Gasteiger partial charge in [0.05, 0.1) is 12.0 Å². The van der Waals surface area contributed by atoms with Gasteiger partial charge in [-0.05, 0) is 75.2 Å². The average Bonchev–Trinajstić information content (AvgIpc) is 3.16. The van der Waals surface area contributed by atoms with Gasteiger partial charge in [0, 0.05) is 36.2 Å². The lowest BCUT2D eigenvalue weighted by Crippen LogP contribution is -1.99. The molecule has 0 unspecified atom stereocenters. The van der Waals surface area contributed by atoms with Gasteiger partial charge >= 0.3 is 0 Å². The monoisotopic (exact) mass is 414 g/mol. The summed E-state index contributed by atoms with van der Waals surface area (Å²) in [7, 11) is 0. The second-order valence-electron chi connectivity index (χ2n) is 6.18. The molecule has 0 saturated carbocycles. The van der Waals surface area contributed by atoms with Crippen molar-refractivity contribution in [3.05, 3.63) is 64.8 Å². The van der Waals surface area contributed by atoms with Crippen molar-refractivity contribution in [2.75, 3.05) is 18.5 Å². The van der Waals surface area contributed by atoms with Crippen LogP contribution in [-0.2, 0) is 4.74 Å². The second kappa shape index (κ2) is 11.2. The fraction of sp³-hybridized carbons (Fsp3) is 0.273. The minimum atomic E-state index is 0.514. The fourth-order valence-corrected chi connectivity index (χ4v) is 2.67. The van der Waals surface area contributed by atoms with Crippen LogP contribution < -0.4 is 10.1 Å². The van der Waals surface area contributed by atoms with Gasteiger partial charge in [-0.1, -0.05) is 11.6 Å². The zero-order valence-corrected chi connectivity index (χ0v) is 18.0. The minimum Gasteiger partial charge on any atom is -0.437 e. The number of ether oxygens (including phenoxy) is 2. The SMILES string of the molecule is CCOCC.Cc1cc(Oc2ccn(-c3ccc(Cl)cc3)n2)c(C)cc1NC=N. The van der Waals surface area contributed by atoms with Crippen LogP contribution >= 0.6 is 11.6 Å². The smallest absolute Gasteiger partial charge is 0.238 e. The third-order valence-corrected chi connectivity index (χ3v) is 4.28. The van der Waals surface area contributed by atoms with E-state index in [2.05, 4.69) is 10.4 Å². The van der Waals surface area contributed by atoms with Crippen LogP contribution in [0, 0.1) is 19.3 Å². The number of hydrogen-bond acceptors (Lipinski definition) is 4. The van der Waals surface area contributed by atoms with Gasteiger partial charge in [-0.25, -0.2) is 4.68 Å². The van der Waals surface area contributed by atoms with E-state index in [0.717, 1.165) is 47.8 Å². The summed E-state index contributed by atoms with van der Waals surface area (Å²) in [6, 6.07) is 13.1. The van der Waals surface area contributed by atoms with Crippen LogP contribution in [0.5, 0.6) is 11.6 Å². The van der Waals surface area contributed by atoms with Crippen molar-refractivity contribution in [3.8, 4) is 17.3 Å². The van der Waals surface area contributed by atoms with Gasteiger partial charge in [0.25, 0.3) is 0 Å². The van der Waals surface area contributed by atoms with Crippen molar-refractivity contribution >= 4 is 23.6 Å². The number of nitrogens with zero attached hydrogens (tertiary/aromatic N) is 2. The highest BCUT2D eigenvalue weighted by Crippen LogP contribution is 2.29. The topological polar surface area (TPSA) is 72.2 Å². The van der Waals surface area contributed by atoms with Gasteiger partial charge in [-0.3, -0.25) is 5.41 Å². The molecule has 3 aromatic rings.